The maximum Gasteiger partial charge on any atom is 0.227 e. The van der Waals surface area contributed by atoms with Crippen LogP contribution in [0.4, 0.5) is 0 Å². The predicted octanol–water partition coefficient (Wildman–Crippen LogP) is 0.0109. The molecule has 1 N–H and O–H groups in total. The van der Waals surface area contributed by atoms with Gasteiger partial charge in [0.2, 0.25) is 15.9 Å². The van der Waals surface area contributed by atoms with Gasteiger partial charge in [-0.1, -0.05) is 6.92 Å². The van der Waals surface area contributed by atoms with Crippen LogP contribution in [0.25, 0.3) is 0 Å². The van der Waals surface area contributed by atoms with Crippen LogP contribution in [0.1, 0.15) is 32.6 Å². The van der Waals surface area contributed by atoms with Crippen LogP contribution in [-0.2, 0) is 14.8 Å². The highest BCUT2D eigenvalue weighted by molar-refractivity contribution is 7.89. The third-order valence-corrected chi connectivity index (χ3v) is 7.10. The summed E-state index contributed by atoms with van der Waals surface area (Å²) >= 11 is 0. The summed E-state index contributed by atoms with van der Waals surface area (Å²) in [6.07, 6.45) is 3.89. The first-order valence-electron chi connectivity index (χ1n) is 8.04. The fourth-order valence-electron chi connectivity index (χ4n) is 3.91. The standard InChI is InChI=1S/C14H25N3O3S/c1-2-9-21(19,20)17-7-5-16(6-8-17)14(18)12-10-11-3-4-13(12)15-11/h11-13,15H,2-10H2,1H3. The van der Waals surface area contributed by atoms with Crippen molar-refractivity contribution in [3.63, 3.8) is 0 Å². The van der Waals surface area contributed by atoms with Gasteiger partial charge in [-0.15, -0.1) is 0 Å². The average molecular weight is 315 g/mol. The van der Waals surface area contributed by atoms with Crippen LogP contribution in [0.2, 0.25) is 0 Å². The molecule has 120 valence electrons. The van der Waals surface area contributed by atoms with E-state index >= 15 is 0 Å². The van der Waals surface area contributed by atoms with Crippen molar-refractivity contribution < 1.29 is 13.2 Å². The van der Waals surface area contributed by atoms with E-state index in [1.165, 1.54) is 6.42 Å². The Morgan fingerprint density at radius 3 is 2.43 bits per heavy atom. The van der Waals surface area contributed by atoms with Gasteiger partial charge in [-0.2, -0.15) is 4.31 Å². The summed E-state index contributed by atoms with van der Waals surface area (Å²) in [6.45, 7) is 3.84. The first kappa shape index (κ1) is 15.2. The number of amides is 1. The van der Waals surface area contributed by atoms with Gasteiger partial charge in [-0.05, 0) is 25.7 Å². The molecule has 21 heavy (non-hydrogen) atoms. The van der Waals surface area contributed by atoms with Gasteiger partial charge in [0.15, 0.2) is 0 Å². The SMILES string of the molecule is CCCS(=O)(=O)N1CCN(C(=O)C2CC3CCC2N3)CC1. The van der Waals surface area contributed by atoms with Gasteiger partial charge < -0.3 is 10.2 Å². The molecule has 3 saturated heterocycles. The van der Waals surface area contributed by atoms with Crippen molar-refractivity contribution in [2.45, 2.75) is 44.7 Å². The van der Waals surface area contributed by atoms with Crippen LogP contribution >= 0.6 is 0 Å². The molecule has 0 spiro atoms. The van der Waals surface area contributed by atoms with Crippen LogP contribution in [0, 0.1) is 5.92 Å². The van der Waals surface area contributed by atoms with Crippen molar-refractivity contribution in [3.8, 4) is 0 Å². The highest BCUT2D eigenvalue weighted by Gasteiger charge is 2.44. The number of hydrogen-bond donors (Lipinski definition) is 1. The van der Waals surface area contributed by atoms with Crippen molar-refractivity contribution in [1.82, 2.24) is 14.5 Å². The predicted molar refractivity (Wildman–Crippen MR) is 80.3 cm³/mol. The Morgan fingerprint density at radius 1 is 1.19 bits per heavy atom. The molecule has 3 atom stereocenters. The summed E-state index contributed by atoms with van der Waals surface area (Å²) in [5.41, 5.74) is 0. The highest BCUT2D eigenvalue weighted by atomic mass is 32.2. The Balaban J connectivity index is 1.55. The molecule has 3 fully saturated rings. The lowest BCUT2D eigenvalue weighted by Gasteiger charge is -2.36. The summed E-state index contributed by atoms with van der Waals surface area (Å²) in [5, 5.41) is 3.49. The minimum absolute atomic E-state index is 0.113. The van der Waals surface area contributed by atoms with Crippen LogP contribution in [0.15, 0.2) is 0 Å². The van der Waals surface area contributed by atoms with E-state index in [4.69, 9.17) is 0 Å². The molecule has 0 aromatic rings. The molecular formula is C14H25N3O3S. The summed E-state index contributed by atoms with van der Waals surface area (Å²) < 4.78 is 25.6. The number of nitrogens with one attached hydrogen (secondary N) is 1. The zero-order valence-electron chi connectivity index (χ0n) is 12.6. The van der Waals surface area contributed by atoms with Crippen molar-refractivity contribution in [3.05, 3.63) is 0 Å². The largest absolute Gasteiger partial charge is 0.340 e. The number of sulfonamides is 1. The van der Waals surface area contributed by atoms with Crippen LogP contribution in [0.3, 0.4) is 0 Å². The number of hydrogen-bond acceptors (Lipinski definition) is 4. The van der Waals surface area contributed by atoms with E-state index < -0.39 is 10.0 Å². The lowest BCUT2D eigenvalue weighted by atomic mass is 9.88. The summed E-state index contributed by atoms with van der Waals surface area (Å²) in [6, 6.07) is 0.875. The number of nitrogens with zero attached hydrogens (tertiary/aromatic N) is 2. The van der Waals surface area contributed by atoms with E-state index in [1.54, 1.807) is 4.31 Å². The Bertz CT molecular complexity index is 500. The zero-order chi connectivity index (χ0) is 15.0. The van der Waals surface area contributed by atoms with Gasteiger partial charge in [0.05, 0.1) is 11.7 Å². The summed E-state index contributed by atoms with van der Waals surface area (Å²) in [5.74, 6) is 0.543. The second-order valence-electron chi connectivity index (χ2n) is 6.43. The van der Waals surface area contributed by atoms with E-state index in [0.717, 1.165) is 12.8 Å². The zero-order valence-corrected chi connectivity index (χ0v) is 13.4. The molecule has 0 saturated carbocycles. The molecule has 1 amide bonds. The molecule has 3 heterocycles. The molecular weight excluding hydrogens is 290 g/mol. The van der Waals surface area contributed by atoms with Crippen molar-refractivity contribution in [1.29, 1.82) is 0 Å². The second kappa shape index (κ2) is 5.85. The van der Waals surface area contributed by atoms with Crippen molar-refractivity contribution in [2.75, 3.05) is 31.9 Å². The van der Waals surface area contributed by atoms with E-state index in [1.807, 2.05) is 11.8 Å². The van der Waals surface area contributed by atoms with E-state index in [0.29, 0.717) is 44.7 Å². The van der Waals surface area contributed by atoms with Crippen LogP contribution < -0.4 is 5.32 Å². The molecule has 2 bridgehead atoms. The third-order valence-electron chi connectivity index (χ3n) is 5.02. The van der Waals surface area contributed by atoms with Gasteiger partial charge in [-0.25, -0.2) is 8.42 Å². The van der Waals surface area contributed by atoms with Gasteiger partial charge in [0.1, 0.15) is 0 Å². The smallest absolute Gasteiger partial charge is 0.227 e. The molecule has 3 unspecified atom stereocenters. The Hall–Kier alpha value is -0.660. The topological polar surface area (TPSA) is 69.7 Å². The van der Waals surface area contributed by atoms with Crippen LogP contribution in [0.5, 0.6) is 0 Å². The second-order valence-corrected chi connectivity index (χ2v) is 8.52. The Morgan fingerprint density at radius 2 is 1.90 bits per heavy atom. The van der Waals surface area contributed by atoms with Crippen molar-refractivity contribution >= 4 is 15.9 Å². The average Bonchev–Trinajstić information content (AvgIpc) is 3.09. The minimum Gasteiger partial charge on any atom is -0.340 e. The monoisotopic (exact) mass is 315 g/mol. The third kappa shape index (κ3) is 2.96. The summed E-state index contributed by atoms with van der Waals surface area (Å²) in [4.78, 5) is 14.5. The molecule has 3 aliphatic rings. The number of carbonyl (C=O) groups is 1. The van der Waals surface area contributed by atoms with E-state index in [2.05, 4.69) is 5.32 Å². The molecule has 3 aliphatic heterocycles. The number of piperazine rings is 1. The molecule has 0 aliphatic carbocycles. The normalized spacial score (nSPS) is 33.6. The van der Waals surface area contributed by atoms with Gasteiger partial charge in [-0.3, -0.25) is 4.79 Å². The lowest BCUT2D eigenvalue weighted by Crippen LogP contribution is -2.53. The number of rotatable bonds is 4. The molecule has 3 rings (SSSR count). The molecule has 6 nitrogen and oxygen atoms in total. The minimum atomic E-state index is -3.13. The quantitative estimate of drug-likeness (QED) is 0.793. The maximum atomic E-state index is 12.6. The highest BCUT2D eigenvalue weighted by Crippen LogP contribution is 2.34. The molecule has 0 radical (unpaired) electrons. The van der Waals surface area contributed by atoms with Crippen LogP contribution in [-0.4, -0.2) is 67.5 Å². The first-order chi connectivity index (χ1) is 10.0. The number of fused-ring (bicyclic) bond motifs is 2. The maximum absolute atomic E-state index is 12.6. The summed E-state index contributed by atoms with van der Waals surface area (Å²) in [7, 11) is -3.13. The molecule has 7 heteroatoms. The van der Waals surface area contributed by atoms with Gasteiger partial charge in [0, 0.05) is 38.3 Å². The molecule has 0 aromatic carbocycles. The lowest BCUT2D eigenvalue weighted by molar-refractivity contribution is -0.137. The fraction of sp³-hybridized carbons (Fsp3) is 0.929. The first-order valence-corrected chi connectivity index (χ1v) is 9.65. The Kier molecular flexibility index (Phi) is 4.25. The molecule has 0 aromatic heterocycles. The number of carbonyl (C=O) groups excluding carboxylic acids is 1. The van der Waals surface area contributed by atoms with E-state index in [-0.39, 0.29) is 17.6 Å². The fourth-order valence-corrected chi connectivity index (χ4v) is 5.40. The van der Waals surface area contributed by atoms with Gasteiger partial charge in [0.25, 0.3) is 0 Å². The van der Waals surface area contributed by atoms with E-state index in [9.17, 15) is 13.2 Å². The Labute approximate surface area is 126 Å². The van der Waals surface area contributed by atoms with Crippen molar-refractivity contribution in [2.24, 2.45) is 5.92 Å². The van der Waals surface area contributed by atoms with Gasteiger partial charge >= 0.3 is 0 Å².